The van der Waals surface area contributed by atoms with Crippen LogP contribution in [0.4, 0.5) is 17.5 Å². The number of likely N-dealkylation sites (N-methyl/N-ethyl adjacent to an activating group) is 1. The number of hydrogen-bond donors (Lipinski definition) is 1. The number of ether oxygens (including phenoxy) is 1. The SMILES string of the molecule is CCN1CCN(c2nncc(Nc3cccc(OC)c3)n2)CC1. The molecule has 1 aliphatic heterocycles. The molecule has 0 unspecified atom stereocenters. The van der Waals surface area contributed by atoms with E-state index in [0.717, 1.165) is 44.2 Å². The molecule has 0 amide bonds. The highest BCUT2D eigenvalue weighted by Gasteiger charge is 2.18. The van der Waals surface area contributed by atoms with Gasteiger partial charge in [-0.25, -0.2) is 0 Å². The van der Waals surface area contributed by atoms with Gasteiger partial charge in [-0.15, -0.1) is 5.10 Å². The van der Waals surface area contributed by atoms with Gasteiger partial charge in [-0.1, -0.05) is 13.0 Å². The summed E-state index contributed by atoms with van der Waals surface area (Å²) >= 11 is 0. The Bertz CT molecular complexity index is 642. The van der Waals surface area contributed by atoms with E-state index in [1.54, 1.807) is 13.3 Å². The van der Waals surface area contributed by atoms with E-state index in [1.165, 1.54) is 0 Å². The summed E-state index contributed by atoms with van der Waals surface area (Å²) in [5.41, 5.74) is 0.909. The lowest BCUT2D eigenvalue weighted by atomic mass is 10.3. The number of rotatable bonds is 5. The number of piperazine rings is 1. The Morgan fingerprint density at radius 1 is 1.22 bits per heavy atom. The lowest BCUT2D eigenvalue weighted by Crippen LogP contribution is -2.46. The van der Waals surface area contributed by atoms with Gasteiger partial charge in [0.05, 0.1) is 13.3 Å². The molecule has 1 N–H and O–H groups in total. The molecule has 1 fully saturated rings. The van der Waals surface area contributed by atoms with Crippen LogP contribution in [0.5, 0.6) is 5.75 Å². The molecule has 1 aliphatic rings. The Hall–Kier alpha value is -2.41. The molecule has 3 rings (SSSR count). The van der Waals surface area contributed by atoms with Gasteiger partial charge in [0, 0.05) is 37.9 Å². The smallest absolute Gasteiger partial charge is 0.247 e. The van der Waals surface area contributed by atoms with Gasteiger partial charge in [0.1, 0.15) is 5.75 Å². The monoisotopic (exact) mass is 314 g/mol. The topological polar surface area (TPSA) is 66.4 Å². The predicted octanol–water partition coefficient (Wildman–Crippen LogP) is 1.77. The average Bonchev–Trinajstić information content (AvgIpc) is 2.62. The molecule has 1 saturated heterocycles. The van der Waals surface area contributed by atoms with Crippen molar-refractivity contribution in [1.29, 1.82) is 0 Å². The molecular formula is C16H22N6O. The van der Waals surface area contributed by atoms with Crippen LogP contribution in [0.2, 0.25) is 0 Å². The Kier molecular flexibility index (Phi) is 4.87. The van der Waals surface area contributed by atoms with E-state index in [-0.39, 0.29) is 0 Å². The molecule has 23 heavy (non-hydrogen) atoms. The van der Waals surface area contributed by atoms with E-state index in [1.807, 2.05) is 24.3 Å². The Morgan fingerprint density at radius 2 is 2.04 bits per heavy atom. The fourth-order valence-electron chi connectivity index (χ4n) is 2.60. The highest BCUT2D eigenvalue weighted by Crippen LogP contribution is 2.20. The summed E-state index contributed by atoms with van der Waals surface area (Å²) in [5, 5.41) is 11.5. The van der Waals surface area contributed by atoms with Gasteiger partial charge in [-0.05, 0) is 18.7 Å². The molecule has 0 saturated carbocycles. The van der Waals surface area contributed by atoms with Gasteiger partial charge in [-0.2, -0.15) is 10.1 Å². The molecular weight excluding hydrogens is 292 g/mol. The van der Waals surface area contributed by atoms with Crippen molar-refractivity contribution in [2.24, 2.45) is 0 Å². The maximum atomic E-state index is 5.23. The van der Waals surface area contributed by atoms with Crippen molar-refractivity contribution >= 4 is 17.5 Å². The quantitative estimate of drug-likeness (QED) is 0.902. The molecule has 7 heteroatoms. The predicted molar refractivity (Wildman–Crippen MR) is 90.4 cm³/mol. The van der Waals surface area contributed by atoms with Crippen LogP contribution in [0.15, 0.2) is 30.5 Å². The van der Waals surface area contributed by atoms with E-state index in [2.05, 4.69) is 37.2 Å². The molecule has 0 atom stereocenters. The number of methoxy groups -OCH3 is 1. The van der Waals surface area contributed by atoms with Crippen LogP contribution >= 0.6 is 0 Å². The first-order valence-corrected chi connectivity index (χ1v) is 7.86. The molecule has 0 bridgehead atoms. The number of nitrogens with zero attached hydrogens (tertiary/aromatic N) is 5. The minimum Gasteiger partial charge on any atom is -0.497 e. The molecule has 7 nitrogen and oxygen atoms in total. The highest BCUT2D eigenvalue weighted by molar-refractivity contribution is 5.58. The second-order valence-electron chi connectivity index (χ2n) is 5.42. The number of nitrogens with one attached hydrogen (secondary N) is 1. The van der Waals surface area contributed by atoms with Crippen molar-refractivity contribution in [2.45, 2.75) is 6.92 Å². The van der Waals surface area contributed by atoms with Crippen LogP contribution in [-0.4, -0.2) is 59.9 Å². The molecule has 0 aliphatic carbocycles. The summed E-state index contributed by atoms with van der Waals surface area (Å²) < 4.78 is 5.23. The second-order valence-corrected chi connectivity index (χ2v) is 5.42. The van der Waals surface area contributed by atoms with Gasteiger partial charge in [0.15, 0.2) is 5.82 Å². The number of aromatic nitrogens is 3. The zero-order valence-electron chi connectivity index (χ0n) is 13.6. The summed E-state index contributed by atoms with van der Waals surface area (Å²) in [5.74, 6) is 2.16. The summed E-state index contributed by atoms with van der Waals surface area (Å²) in [4.78, 5) is 9.18. The van der Waals surface area contributed by atoms with Crippen molar-refractivity contribution in [3.05, 3.63) is 30.5 Å². The molecule has 1 aromatic heterocycles. The van der Waals surface area contributed by atoms with Crippen molar-refractivity contribution < 1.29 is 4.74 Å². The lowest BCUT2D eigenvalue weighted by Gasteiger charge is -2.33. The molecule has 2 aromatic rings. The molecule has 122 valence electrons. The largest absolute Gasteiger partial charge is 0.497 e. The van der Waals surface area contributed by atoms with Crippen LogP contribution in [0.1, 0.15) is 6.92 Å². The van der Waals surface area contributed by atoms with Crippen molar-refractivity contribution in [3.8, 4) is 5.75 Å². The van der Waals surface area contributed by atoms with E-state index in [0.29, 0.717) is 11.8 Å². The third-order valence-electron chi connectivity index (χ3n) is 3.99. The lowest BCUT2D eigenvalue weighted by molar-refractivity contribution is 0.269. The Labute approximate surface area is 136 Å². The molecule has 0 radical (unpaired) electrons. The van der Waals surface area contributed by atoms with E-state index < -0.39 is 0 Å². The standard InChI is InChI=1S/C16H22N6O/c1-3-21-7-9-22(10-8-21)16-19-15(12-17-20-16)18-13-5-4-6-14(11-13)23-2/h4-6,11-12H,3,7-10H2,1-2H3,(H,18,19,20). The van der Waals surface area contributed by atoms with Gasteiger partial charge < -0.3 is 19.9 Å². The van der Waals surface area contributed by atoms with Crippen molar-refractivity contribution in [1.82, 2.24) is 20.1 Å². The van der Waals surface area contributed by atoms with E-state index in [4.69, 9.17) is 4.74 Å². The van der Waals surface area contributed by atoms with E-state index >= 15 is 0 Å². The zero-order valence-corrected chi connectivity index (χ0v) is 13.6. The van der Waals surface area contributed by atoms with Gasteiger partial charge in [0.2, 0.25) is 5.95 Å². The summed E-state index contributed by atoms with van der Waals surface area (Å²) in [6.07, 6.45) is 1.63. The summed E-state index contributed by atoms with van der Waals surface area (Å²) in [6, 6.07) is 7.72. The minimum atomic E-state index is 0.675. The third-order valence-corrected chi connectivity index (χ3v) is 3.99. The minimum absolute atomic E-state index is 0.675. The van der Waals surface area contributed by atoms with Crippen LogP contribution < -0.4 is 15.0 Å². The highest BCUT2D eigenvalue weighted by atomic mass is 16.5. The first kappa shape index (κ1) is 15.5. The first-order chi connectivity index (χ1) is 11.3. The number of benzene rings is 1. The number of hydrogen-bond acceptors (Lipinski definition) is 7. The third kappa shape index (κ3) is 3.87. The maximum Gasteiger partial charge on any atom is 0.247 e. The fraction of sp³-hybridized carbons (Fsp3) is 0.438. The van der Waals surface area contributed by atoms with Crippen LogP contribution in [-0.2, 0) is 0 Å². The van der Waals surface area contributed by atoms with Crippen molar-refractivity contribution in [2.75, 3.05) is 50.1 Å². The van der Waals surface area contributed by atoms with Crippen molar-refractivity contribution in [3.63, 3.8) is 0 Å². The van der Waals surface area contributed by atoms with Crippen LogP contribution in [0.3, 0.4) is 0 Å². The zero-order chi connectivity index (χ0) is 16.1. The first-order valence-electron chi connectivity index (χ1n) is 7.86. The van der Waals surface area contributed by atoms with E-state index in [9.17, 15) is 0 Å². The van der Waals surface area contributed by atoms with Crippen LogP contribution in [0.25, 0.3) is 0 Å². The van der Waals surface area contributed by atoms with Gasteiger partial charge in [-0.3, -0.25) is 0 Å². The van der Waals surface area contributed by atoms with Gasteiger partial charge >= 0.3 is 0 Å². The summed E-state index contributed by atoms with van der Waals surface area (Å²) in [7, 11) is 1.65. The Morgan fingerprint density at radius 3 is 2.78 bits per heavy atom. The second kappa shape index (κ2) is 7.23. The maximum absolute atomic E-state index is 5.23. The molecule has 2 heterocycles. The van der Waals surface area contributed by atoms with Crippen LogP contribution in [0, 0.1) is 0 Å². The Balaban J connectivity index is 1.70. The normalized spacial score (nSPS) is 15.5. The summed E-state index contributed by atoms with van der Waals surface area (Å²) in [6.45, 7) is 7.20. The number of anilines is 3. The molecule has 0 spiro atoms. The average molecular weight is 314 g/mol. The fourth-order valence-corrected chi connectivity index (χ4v) is 2.60. The molecule has 1 aromatic carbocycles. The van der Waals surface area contributed by atoms with Gasteiger partial charge in [0.25, 0.3) is 0 Å².